The number of ether oxygens (including phenoxy) is 2. The van der Waals surface area contributed by atoms with E-state index in [1.54, 1.807) is 0 Å². The summed E-state index contributed by atoms with van der Waals surface area (Å²) in [7, 11) is 0. The number of morpholine rings is 1. The molecule has 1 unspecified atom stereocenters. The van der Waals surface area contributed by atoms with Gasteiger partial charge in [-0.25, -0.2) is 4.98 Å². The van der Waals surface area contributed by atoms with Crippen LogP contribution in [0.15, 0.2) is 30.3 Å². The zero-order chi connectivity index (χ0) is 17.3. The van der Waals surface area contributed by atoms with Crippen LogP contribution in [0.4, 0.5) is 5.82 Å². The lowest BCUT2D eigenvalue weighted by molar-refractivity contribution is 0.0241. The molecule has 2 aromatic rings. The maximum Gasteiger partial charge on any atom is 0.145 e. The van der Waals surface area contributed by atoms with Gasteiger partial charge in [0.1, 0.15) is 23.7 Å². The Hall–Kier alpha value is -1.85. The standard InChI is InChI=1S/C21H27N3O2/c1-2-17-4-5-20(24-10-12-25-13-11-24)22-21(17)19(3-1)26-15-18-14-16-6-8-23(18)9-7-16/h1-5,16,18H,6-15H2. The van der Waals surface area contributed by atoms with E-state index in [1.807, 2.05) is 0 Å². The average molecular weight is 353 g/mol. The van der Waals surface area contributed by atoms with Gasteiger partial charge in [0.2, 0.25) is 0 Å². The van der Waals surface area contributed by atoms with Crippen molar-refractivity contribution in [2.24, 2.45) is 5.92 Å². The van der Waals surface area contributed by atoms with Crippen LogP contribution in [0.25, 0.3) is 10.9 Å². The Bertz CT molecular complexity index is 767. The Kier molecular flexibility index (Phi) is 4.43. The molecule has 1 aromatic heterocycles. The van der Waals surface area contributed by atoms with Gasteiger partial charge in [0.25, 0.3) is 0 Å². The third-order valence-corrected chi connectivity index (χ3v) is 6.21. The fourth-order valence-electron chi connectivity index (χ4n) is 4.64. The molecule has 0 N–H and O–H groups in total. The molecule has 4 saturated heterocycles. The monoisotopic (exact) mass is 353 g/mol. The van der Waals surface area contributed by atoms with E-state index in [9.17, 15) is 0 Å². The molecule has 1 atom stereocenters. The number of fused-ring (bicyclic) bond motifs is 4. The molecule has 5 heterocycles. The first-order valence-electron chi connectivity index (χ1n) is 9.96. The van der Waals surface area contributed by atoms with Crippen LogP contribution in [0.1, 0.15) is 19.3 Å². The van der Waals surface area contributed by atoms with Gasteiger partial charge < -0.3 is 14.4 Å². The molecule has 0 radical (unpaired) electrons. The van der Waals surface area contributed by atoms with Crippen LogP contribution < -0.4 is 9.64 Å². The van der Waals surface area contributed by atoms with Crippen molar-refractivity contribution >= 4 is 16.7 Å². The van der Waals surface area contributed by atoms with E-state index < -0.39 is 0 Å². The average Bonchev–Trinajstić information content (AvgIpc) is 2.73. The Morgan fingerprint density at radius 2 is 1.88 bits per heavy atom. The quantitative estimate of drug-likeness (QED) is 0.845. The van der Waals surface area contributed by atoms with Crippen LogP contribution in [0.2, 0.25) is 0 Å². The molecule has 138 valence electrons. The maximum atomic E-state index is 6.31. The summed E-state index contributed by atoms with van der Waals surface area (Å²) in [4.78, 5) is 9.85. The second kappa shape index (κ2) is 7.05. The van der Waals surface area contributed by atoms with E-state index in [4.69, 9.17) is 14.5 Å². The summed E-state index contributed by atoms with van der Waals surface area (Å²) >= 11 is 0. The Morgan fingerprint density at radius 1 is 1.04 bits per heavy atom. The van der Waals surface area contributed by atoms with Crippen molar-refractivity contribution in [2.75, 3.05) is 50.9 Å². The number of aromatic nitrogens is 1. The second-order valence-electron chi connectivity index (χ2n) is 7.78. The van der Waals surface area contributed by atoms with Gasteiger partial charge >= 0.3 is 0 Å². The van der Waals surface area contributed by atoms with Crippen molar-refractivity contribution in [1.82, 2.24) is 9.88 Å². The lowest BCUT2D eigenvalue weighted by Gasteiger charge is -2.45. The highest BCUT2D eigenvalue weighted by molar-refractivity contribution is 5.86. The molecule has 0 saturated carbocycles. The highest BCUT2D eigenvalue weighted by Gasteiger charge is 2.33. The topological polar surface area (TPSA) is 37.8 Å². The first-order valence-corrected chi connectivity index (χ1v) is 9.96. The fourth-order valence-corrected chi connectivity index (χ4v) is 4.64. The number of benzene rings is 1. The van der Waals surface area contributed by atoms with Crippen molar-refractivity contribution in [3.05, 3.63) is 30.3 Å². The smallest absolute Gasteiger partial charge is 0.145 e. The Balaban J connectivity index is 1.36. The number of hydrogen-bond acceptors (Lipinski definition) is 5. The zero-order valence-corrected chi connectivity index (χ0v) is 15.3. The van der Waals surface area contributed by atoms with Crippen LogP contribution in [0, 0.1) is 5.92 Å². The van der Waals surface area contributed by atoms with Gasteiger partial charge in [-0.05, 0) is 56.5 Å². The highest BCUT2D eigenvalue weighted by Crippen LogP contribution is 2.33. The van der Waals surface area contributed by atoms with Crippen molar-refractivity contribution in [1.29, 1.82) is 0 Å². The number of nitrogens with zero attached hydrogens (tertiary/aromatic N) is 3. The molecule has 0 spiro atoms. The number of anilines is 1. The first-order chi connectivity index (χ1) is 12.9. The van der Waals surface area contributed by atoms with Crippen LogP contribution in [-0.2, 0) is 4.74 Å². The van der Waals surface area contributed by atoms with Crippen molar-refractivity contribution in [2.45, 2.75) is 25.3 Å². The SMILES string of the molecule is c1cc(OCC2CC3CCN2CC3)c2nc(N3CCOCC3)ccc2c1. The third kappa shape index (κ3) is 3.14. The number of hydrogen-bond donors (Lipinski definition) is 0. The number of para-hydroxylation sites is 1. The molecular formula is C21H27N3O2. The van der Waals surface area contributed by atoms with Crippen molar-refractivity contribution < 1.29 is 9.47 Å². The summed E-state index contributed by atoms with van der Waals surface area (Å²) < 4.78 is 11.8. The number of pyridine rings is 1. The maximum absolute atomic E-state index is 6.31. The molecule has 6 rings (SSSR count). The molecule has 5 nitrogen and oxygen atoms in total. The van der Waals surface area contributed by atoms with Gasteiger partial charge in [-0.1, -0.05) is 12.1 Å². The molecule has 2 bridgehead atoms. The van der Waals surface area contributed by atoms with Gasteiger partial charge in [0, 0.05) is 24.5 Å². The van der Waals surface area contributed by atoms with Crippen LogP contribution in [0.3, 0.4) is 0 Å². The molecule has 5 heteroatoms. The highest BCUT2D eigenvalue weighted by atomic mass is 16.5. The summed E-state index contributed by atoms with van der Waals surface area (Å²) in [6, 6.07) is 11.1. The van der Waals surface area contributed by atoms with E-state index in [2.05, 4.69) is 40.1 Å². The second-order valence-corrected chi connectivity index (χ2v) is 7.78. The minimum absolute atomic E-state index is 0.570. The summed E-state index contributed by atoms with van der Waals surface area (Å²) in [5.74, 6) is 2.85. The number of piperidine rings is 3. The van der Waals surface area contributed by atoms with Gasteiger partial charge in [-0.2, -0.15) is 0 Å². The van der Waals surface area contributed by atoms with Crippen molar-refractivity contribution in [3.8, 4) is 5.75 Å². The van der Waals surface area contributed by atoms with E-state index >= 15 is 0 Å². The Morgan fingerprint density at radius 3 is 2.65 bits per heavy atom. The molecule has 4 aliphatic heterocycles. The lowest BCUT2D eigenvalue weighted by atomic mass is 9.83. The molecular weight excluding hydrogens is 326 g/mol. The summed E-state index contributed by atoms with van der Waals surface area (Å²) in [6.45, 7) is 6.62. The van der Waals surface area contributed by atoms with Gasteiger partial charge in [0.15, 0.2) is 0 Å². The number of rotatable bonds is 4. The molecule has 0 amide bonds. The lowest BCUT2D eigenvalue weighted by Crippen LogP contribution is -2.51. The van der Waals surface area contributed by atoms with Crippen LogP contribution in [-0.4, -0.2) is 61.9 Å². The van der Waals surface area contributed by atoms with E-state index in [0.717, 1.165) is 61.3 Å². The largest absolute Gasteiger partial charge is 0.490 e. The van der Waals surface area contributed by atoms with Gasteiger partial charge in [-0.3, -0.25) is 4.90 Å². The van der Waals surface area contributed by atoms with Crippen LogP contribution >= 0.6 is 0 Å². The summed E-state index contributed by atoms with van der Waals surface area (Å²) in [6.07, 6.45) is 4.03. The summed E-state index contributed by atoms with van der Waals surface area (Å²) in [5.41, 5.74) is 0.979. The Labute approximate surface area is 154 Å². The fraction of sp³-hybridized carbons (Fsp3) is 0.571. The van der Waals surface area contributed by atoms with Gasteiger partial charge in [0.05, 0.1) is 13.2 Å². The first kappa shape index (κ1) is 16.3. The predicted octanol–water partition coefficient (Wildman–Crippen LogP) is 2.93. The third-order valence-electron chi connectivity index (χ3n) is 6.21. The van der Waals surface area contributed by atoms with Crippen molar-refractivity contribution in [3.63, 3.8) is 0 Å². The van der Waals surface area contributed by atoms with E-state index in [0.29, 0.717) is 6.04 Å². The molecule has 1 aromatic carbocycles. The normalized spacial score (nSPS) is 28.5. The molecule has 4 fully saturated rings. The zero-order valence-electron chi connectivity index (χ0n) is 15.3. The van der Waals surface area contributed by atoms with E-state index in [1.165, 1.54) is 32.4 Å². The minimum atomic E-state index is 0.570. The molecule has 26 heavy (non-hydrogen) atoms. The molecule has 0 aliphatic carbocycles. The van der Waals surface area contributed by atoms with E-state index in [-0.39, 0.29) is 0 Å². The summed E-state index contributed by atoms with van der Waals surface area (Å²) in [5, 5.41) is 1.14. The predicted molar refractivity (Wildman–Crippen MR) is 103 cm³/mol. The van der Waals surface area contributed by atoms with Crippen LogP contribution in [0.5, 0.6) is 5.75 Å². The van der Waals surface area contributed by atoms with Gasteiger partial charge in [-0.15, -0.1) is 0 Å². The minimum Gasteiger partial charge on any atom is -0.490 e. The molecule has 4 aliphatic rings.